The van der Waals surface area contributed by atoms with Crippen molar-refractivity contribution in [3.63, 3.8) is 0 Å². The van der Waals surface area contributed by atoms with Crippen molar-refractivity contribution < 1.29 is 19.4 Å². The number of aliphatic hydroxyl groups is 1. The molecule has 2 amide bonds. The van der Waals surface area contributed by atoms with Crippen LogP contribution in [0.5, 0.6) is 0 Å². The first-order chi connectivity index (χ1) is 14.7. The van der Waals surface area contributed by atoms with Crippen molar-refractivity contribution in [3.8, 4) is 0 Å². The fraction of sp³-hybridized carbons (Fsp3) is 0.350. The predicted octanol–water partition coefficient (Wildman–Crippen LogP) is 1.36. The van der Waals surface area contributed by atoms with Gasteiger partial charge in [-0.25, -0.2) is 4.98 Å². The molecule has 0 bridgehead atoms. The van der Waals surface area contributed by atoms with Crippen LogP contribution < -0.4 is 5.32 Å². The summed E-state index contributed by atoms with van der Waals surface area (Å²) in [6.45, 7) is -0.244. The molecule has 3 N–H and O–H groups in total. The zero-order chi connectivity index (χ0) is 20.9. The van der Waals surface area contributed by atoms with Crippen LogP contribution >= 0.6 is 23.5 Å². The van der Waals surface area contributed by atoms with Crippen molar-refractivity contribution in [1.29, 1.82) is 0 Å². The number of carbonyl (C=O) groups excluding carboxylic acids is 2. The lowest BCUT2D eigenvalue weighted by Crippen LogP contribution is -2.70. The number of nitrogens with zero attached hydrogens (tertiary/aromatic N) is 2. The Morgan fingerprint density at radius 1 is 1.40 bits per heavy atom. The minimum atomic E-state index is -0.558. The summed E-state index contributed by atoms with van der Waals surface area (Å²) in [5, 5.41) is 11.8. The maximum absolute atomic E-state index is 12.8. The highest BCUT2D eigenvalue weighted by molar-refractivity contribution is 8.01. The molecule has 1 unspecified atom stereocenters. The van der Waals surface area contributed by atoms with Crippen molar-refractivity contribution in [2.45, 2.75) is 22.7 Å². The molecule has 158 valence electrons. The van der Waals surface area contributed by atoms with Gasteiger partial charge in [-0.1, -0.05) is 18.2 Å². The molecule has 30 heavy (non-hydrogen) atoms. The molecule has 0 radical (unpaired) electrons. The Kier molecular flexibility index (Phi) is 6.78. The monoisotopic (exact) mass is 446 g/mol. The van der Waals surface area contributed by atoms with Crippen LogP contribution in [-0.2, 0) is 20.7 Å². The molecular formula is C20H22N4O4S2. The molecule has 4 rings (SSSR count). The fourth-order valence-corrected chi connectivity index (χ4v) is 5.89. The van der Waals surface area contributed by atoms with E-state index in [4.69, 9.17) is 9.84 Å². The third kappa shape index (κ3) is 4.56. The molecule has 3 heterocycles. The minimum absolute atomic E-state index is 0.149. The van der Waals surface area contributed by atoms with Crippen molar-refractivity contribution in [1.82, 2.24) is 20.2 Å². The normalized spacial score (nSPS) is 20.7. The number of imidazole rings is 1. The summed E-state index contributed by atoms with van der Waals surface area (Å²) in [6.07, 6.45) is 3.26. The maximum atomic E-state index is 12.8. The van der Waals surface area contributed by atoms with Crippen molar-refractivity contribution >= 4 is 35.3 Å². The SMILES string of the molecule is O=C(Cc1cnc[nH]1)N[C@@H]1C(=O)N2C(COCO)=C(CSc3ccccc3)CSC12. The average Bonchev–Trinajstić information content (AvgIpc) is 3.28. The van der Waals surface area contributed by atoms with E-state index in [1.54, 1.807) is 34.6 Å². The van der Waals surface area contributed by atoms with E-state index in [0.29, 0.717) is 5.69 Å². The van der Waals surface area contributed by atoms with Gasteiger partial charge in [0.2, 0.25) is 5.91 Å². The van der Waals surface area contributed by atoms with E-state index in [-0.39, 0.29) is 30.2 Å². The summed E-state index contributed by atoms with van der Waals surface area (Å²) in [5.74, 6) is 1.10. The predicted molar refractivity (Wildman–Crippen MR) is 115 cm³/mol. The number of carbonyl (C=O) groups is 2. The van der Waals surface area contributed by atoms with Gasteiger partial charge in [0.15, 0.2) is 0 Å². The Morgan fingerprint density at radius 2 is 2.23 bits per heavy atom. The molecule has 0 spiro atoms. The average molecular weight is 447 g/mol. The largest absolute Gasteiger partial charge is 0.371 e. The summed E-state index contributed by atoms with van der Waals surface area (Å²) in [4.78, 5) is 34.8. The van der Waals surface area contributed by atoms with Gasteiger partial charge in [0.05, 0.1) is 19.4 Å². The lowest BCUT2D eigenvalue weighted by atomic mass is 10.0. The van der Waals surface area contributed by atoms with E-state index < -0.39 is 12.8 Å². The van der Waals surface area contributed by atoms with Crippen LogP contribution in [0.4, 0.5) is 0 Å². The first-order valence-electron chi connectivity index (χ1n) is 9.46. The zero-order valence-corrected chi connectivity index (χ0v) is 17.7. The second kappa shape index (κ2) is 9.69. The van der Waals surface area contributed by atoms with E-state index in [2.05, 4.69) is 15.3 Å². The second-order valence-corrected chi connectivity index (χ2v) is 8.99. The number of rotatable bonds is 9. The van der Waals surface area contributed by atoms with E-state index in [1.165, 1.54) is 6.33 Å². The Bertz CT molecular complexity index is 920. The Balaban J connectivity index is 1.43. The van der Waals surface area contributed by atoms with Crippen LogP contribution in [0.25, 0.3) is 0 Å². The van der Waals surface area contributed by atoms with Gasteiger partial charge >= 0.3 is 0 Å². The summed E-state index contributed by atoms with van der Waals surface area (Å²) >= 11 is 3.34. The highest BCUT2D eigenvalue weighted by atomic mass is 32.2. The van der Waals surface area contributed by atoms with Crippen LogP contribution in [0.1, 0.15) is 5.69 Å². The van der Waals surface area contributed by atoms with Crippen LogP contribution in [0.2, 0.25) is 0 Å². The van der Waals surface area contributed by atoms with Crippen LogP contribution in [0, 0.1) is 0 Å². The number of fused-ring (bicyclic) bond motifs is 1. The molecule has 1 saturated heterocycles. The van der Waals surface area contributed by atoms with E-state index in [1.807, 2.05) is 30.3 Å². The first kappa shape index (κ1) is 21.0. The highest BCUT2D eigenvalue weighted by Crippen LogP contribution is 2.41. The summed E-state index contributed by atoms with van der Waals surface area (Å²) in [6, 6.07) is 9.51. The molecule has 2 aromatic rings. The number of amides is 2. The van der Waals surface area contributed by atoms with Gasteiger partial charge < -0.3 is 20.1 Å². The van der Waals surface area contributed by atoms with Gasteiger partial charge in [-0.3, -0.25) is 14.5 Å². The lowest BCUT2D eigenvalue weighted by molar-refractivity contribution is -0.147. The number of thioether (sulfide) groups is 2. The fourth-order valence-electron chi connectivity index (χ4n) is 3.40. The van der Waals surface area contributed by atoms with Crippen LogP contribution in [0.15, 0.2) is 59.0 Å². The van der Waals surface area contributed by atoms with Gasteiger partial charge in [-0.2, -0.15) is 0 Å². The standard InChI is InChI=1S/C20H22N4O4S2/c25-12-28-8-16-13(9-29-15-4-2-1-3-5-15)10-30-20-18(19(27)24(16)20)23-17(26)6-14-7-21-11-22-14/h1-5,7,11,18,20,25H,6,8-10,12H2,(H,21,22)(H,23,26)/t18-,20?/m1/s1. The maximum Gasteiger partial charge on any atom is 0.253 e. The third-order valence-corrected chi connectivity index (χ3v) is 7.32. The van der Waals surface area contributed by atoms with Gasteiger partial charge in [0.1, 0.15) is 18.2 Å². The number of nitrogens with one attached hydrogen (secondary N) is 2. The molecule has 1 fully saturated rings. The van der Waals surface area contributed by atoms with Gasteiger partial charge in [-0.15, -0.1) is 23.5 Å². The van der Waals surface area contributed by atoms with Crippen LogP contribution in [-0.4, -0.2) is 68.1 Å². The first-order valence-corrected chi connectivity index (χ1v) is 11.5. The minimum Gasteiger partial charge on any atom is -0.371 e. The second-order valence-electron chi connectivity index (χ2n) is 6.84. The third-order valence-electron chi connectivity index (χ3n) is 4.88. The van der Waals surface area contributed by atoms with E-state index in [0.717, 1.165) is 27.7 Å². The molecule has 8 nitrogen and oxygen atoms in total. The highest BCUT2D eigenvalue weighted by Gasteiger charge is 2.52. The molecular weight excluding hydrogens is 424 g/mol. The number of ether oxygens (including phenoxy) is 1. The van der Waals surface area contributed by atoms with Crippen LogP contribution in [0.3, 0.4) is 0 Å². The number of benzene rings is 1. The van der Waals surface area contributed by atoms with Gasteiger partial charge in [0, 0.05) is 34.0 Å². The van der Waals surface area contributed by atoms with Crippen molar-refractivity contribution in [3.05, 3.63) is 59.8 Å². The molecule has 10 heteroatoms. The van der Waals surface area contributed by atoms with E-state index in [9.17, 15) is 9.59 Å². The number of aromatic nitrogens is 2. The summed E-state index contributed by atoms with van der Waals surface area (Å²) in [7, 11) is 0. The number of aromatic amines is 1. The number of β-lactam (4-membered cyclic amide) rings is 1. The zero-order valence-electron chi connectivity index (χ0n) is 16.1. The Hall–Kier alpha value is -2.27. The molecule has 1 aromatic heterocycles. The number of hydrogen-bond acceptors (Lipinski definition) is 7. The molecule has 2 atom stereocenters. The van der Waals surface area contributed by atoms with E-state index >= 15 is 0 Å². The molecule has 1 aromatic carbocycles. The van der Waals surface area contributed by atoms with Gasteiger partial charge in [0.25, 0.3) is 5.91 Å². The van der Waals surface area contributed by atoms with Crippen molar-refractivity contribution in [2.75, 3.05) is 24.9 Å². The molecule has 2 aliphatic rings. The number of hydrogen-bond donors (Lipinski definition) is 3. The van der Waals surface area contributed by atoms with Crippen molar-refractivity contribution in [2.24, 2.45) is 0 Å². The molecule has 0 aliphatic carbocycles. The summed E-state index contributed by atoms with van der Waals surface area (Å²) in [5.41, 5.74) is 2.60. The van der Waals surface area contributed by atoms with Gasteiger partial charge in [-0.05, 0) is 17.7 Å². The summed E-state index contributed by atoms with van der Waals surface area (Å²) < 4.78 is 5.23. The quantitative estimate of drug-likeness (QED) is 0.303. The smallest absolute Gasteiger partial charge is 0.253 e. The Morgan fingerprint density at radius 3 is 2.97 bits per heavy atom. The number of aliphatic hydroxyl groups excluding tert-OH is 1. The molecule has 0 saturated carbocycles. The Labute approximate surface area is 182 Å². The topological polar surface area (TPSA) is 108 Å². The lowest BCUT2D eigenvalue weighted by Gasteiger charge is -2.50. The number of H-pyrrole nitrogens is 1. The molecule has 2 aliphatic heterocycles.